The highest BCUT2D eigenvalue weighted by Crippen LogP contribution is 2.44. The second kappa shape index (κ2) is 12.8. The minimum absolute atomic E-state index is 0.384. The Balaban J connectivity index is 1.46. The van der Waals surface area contributed by atoms with E-state index in [9.17, 15) is 9.59 Å². The van der Waals surface area contributed by atoms with E-state index in [-0.39, 0.29) is 0 Å². The Labute approximate surface area is 300 Å². The van der Waals surface area contributed by atoms with Crippen LogP contribution < -0.4 is 11.5 Å². The molecule has 0 aliphatic heterocycles. The molecular weight excluding hydrogens is 695 g/mol. The molecule has 0 aliphatic rings. The molecule has 4 aromatic heterocycles. The van der Waals surface area contributed by atoms with Gasteiger partial charge in [0.25, 0.3) is 0 Å². The number of aromatic nitrogens is 4. The molecule has 0 atom stereocenters. The standard InChI is InChI=1S/C37H32Cl2N6O2S2/c1-5-22(38)32-28(6-2)48-18(3)30(32)36-42-24-16-20(34(40)46)10-12-26(24)44(36)14-15-45-27-13-11-21(35(41)47)17-25(27)43-37(45)31-19(4)49-29-9-7-8-23(39)33(29)31/h5,7-13,16-17H,6,14-15H2,1-4H3,(H2,40,46)(H2,41,47)/b22-5+. The lowest BCUT2D eigenvalue weighted by molar-refractivity contribution is 0.0992. The zero-order chi connectivity index (χ0) is 34.7. The molecule has 0 bridgehead atoms. The Morgan fingerprint density at radius 2 is 1.39 bits per heavy atom. The third kappa shape index (κ3) is 5.53. The van der Waals surface area contributed by atoms with Crippen molar-refractivity contribution >= 4 is 94.9 Å². The van der Waals surface area contributed by atoms with Crippen molar-refractivity contribution in [3.63, 3.8) is 0 Å². The number of carbonyl (C=O) groups is 2. The molecule has 7 aromatic rings. The van der Waals surface area contributed by atoms with Crippen molar-refractivity contribution in [2.45, 2.75) is 47.2 Å². The highest BCUT2D eigenvalue weighted by molar-refractivity contribution is 7.19. The molecule has 0 aliphatic carbocycles. The van der Waals surface area contributed by atoms with Gasteiger partial charge in [0, 0.05) is 75.7 Å². The first-order valence-corrected chi connectivity index (χ1v) is 18.1. The first-order valence-electron chi connectivity index (χ1n) is 15.7. The summed E-state index contributed by atoms with van der Waals surface area (Å²) >= 11 is 17.1. The van der Waals surface area contributed by atoms with Crippen molar-refractivity contribution in [3.05, 3.63) is 97.0 Å². The molecule has 0 radical (unpaired) electrons. The van der Waals surface area contributed by atoms with Crippen LogP contribution in [-0.4, -0.2) is 30.9 Å². The fourth-order valence-electron chi connectivity index (χ4n) is 6.61. The van der Waals surface area contributed by atoms with Crippen LogP contribution in [0.1, 0.15) is 54.8 Å². The third-order valence-corrected chi connectivity index (χ3v) is 11.9. The number of hydrogen-bond acceptors (Lipinski definition) is 6. The van der Waals surface area contributed by atoms with E-state index in [0.29, 0.717) is 45.3 Å². The Morgan fingerprint density at radius 3 is 1.92 bits per heavy atom. The first-order chi connectivity index (χ1) is 23.5. The van der Waals surface area contributed by atoms with Gasteiger partial charge >= 0.3 is 0 Å². The van der Waals surface area contributed by atoms with Gasteiger partial charge in [-0.3, -0.25) is 9.59 Å². The van der Waals surface area contributed by atoms with Crippen LogP contribution in [0.2, 0.25) is 5.02 Å². The summed E-state index contributed by atoms with van der Waals surface area (Å²) in [7, 11) is 0. The van der Waals surface area contributed by atoms with Gasteiger partial charge in [0.1, 0.15) is 11.6 Å². The average molecular weight is 728 g/mol. The predicted octanol–water partition coefficient (Wildman–Crippen LogP) is 9.33. The van der Waals surface area contributed by atoms with Gasteiger partial charge in [-0.2, -0.15) is 0 Å². The molecule has 0 saturated heterocycles. The predicted molar refractivity (Wildman–Crippen MR) is 204 cm³/mol. The molecule has 3 aromatic carbocycles. The molecule has 248 valence electrons. The van der Waals surface area contributed by atoms with Crippen molar-refractivity contribution in [3.8, 4) is 22.8 Å². The van der Waals surface area contributed by atoms with E-state index in [4.69, 9.17) is 44.6 Å². The third-order valence-electron chi connectivity index (χ3n) is 8.87. The van der Waals surface area contributed by atoms with Crippen molar-refractivity contribution in [1.82, 2.24) is 19.1 Å². The molecule has 0 unspecified atom stereocenters. The number of fused-ring (bicyclic) bond motifs is 3. The second-order valence-electron chi connectivity index (χ2n) is 11.8. The van der Waals surface area contributed by atoms with Crippen LogP contribution in [0.4, 0.5) is 0 Å². The van der Waals surface area contributed by atoms with E-state index in [2.05, 4.69) is 36.0 Å². The Bertz CT molecular complexity index is 2520. The average Bonchev–Trinajstić information content (AvgIpc) is 3.81. The molecule has 4 N–H and O–H groups in total. The van der Waals surface area contributed by atoms with Gasteiger partial charge < -0.3 is 20.6 Å². The highest BCUT2D eigenvalue weighted by atomic mass is 35.5. The van der Waals surface area contributed by atoms with Gasteiger partial charge in [0.05, 0.1) is 22.1 Å². The largest absolute Gasteiger partial charge is 0.366 e. The monoisotopic (exact) mass is 726 g/mol. The van der Waals surface area contributed by atoms with Crippen LogP contribution in [0.3, 0.4) is 0 Å². The zero-order valence-electron chi connectivity index (χ0n) is 27.2. The van der Waals surface area contributed by atoms with Crippen molar-refractivity contribution in [1.29, 1.82) is 0 Å². The van der Waals surface area contributed by atoms with Crippen LogP contribution in [-0.2, 0) is 19.5 Å². The van der Waals surface area contributed by atoms with Gasteiger partial charge in [0.2, 0.25) is 11.8 Å². The van der Waals surface area contributed by atoms with Gasteiger partial charge in [-0.15, -0.1) is 22.7 Å². The number of carbonyl (C=O) groups excluding carboxylic acids is 2. The molecule has 4 heterocycles. The van der Waals surface area contributed by atoms with Gasteiger partial charge in [-0.05, 0) is 75.7 Å². The number of imidazole rings is 2. The van der Waals surface area contributed by atoms with Crippen molar-refractivity contribution in [2.75, 3.05) is 0 Å². The molecular formula is C37H32Cl2N6O2S2. The number of amides is 2. The fourth-order valence-corrected chi connectivity index (χ4v) is 9.41. The maximum Gasteiger partial charge on any atom is 0.248 e. The summed E-state index contributed by atoms with van der Waals surface area (Å²) in [6.07, 6.45) is 2.73. The smallest absolute Gasteiger partial charge is 0.248 e. The lowest BCUT2D eigenvalue weighted by Crippen LogP contribution is -2.12. The SMILES string of the molecule is C/C=C(/Cl)c1c(CC)sc(C)c1-c1nc2cc(C(N)=O)ccc2n1CCn1c(-c2c(C)sc3cccc(Cl)c23)nc2cc(C(N)=O)ccc21. The summed E-state index contributed by atoms with van der Waals surface area (Å²) < 4.78 is 5.41. The molecule has 12 heteroatoms. The van der Waals surface area contributed by atoms with Crippen LogP contribution in [0.25, 0.3) is 60.0 Å². The maximum absolute atomic E-state index is 12.2. The summed E-state index contributed by atoms with van der Waals surface area (Å²) in [5.74, 6) is 0.462. The number of primary amides is 2. The second-order valence-corrected chi connectivity index (χ2v) is 15.2. The Morgan fingerprint density at radius 1 is 0.837 bits per heavy atom. The number of hydrogen-bond donors (Lipinski definition) is 2. The van der Waals surface area contributed by atoms with Crippen molar-refractivity contribution < 1.29 is 9.59 Å². The fraction of sp³-hybridized carbons (Fsp3) is 0.189. The number of nitrogens with zero attached hydrogens (tertiary/aromatic N) is 4. The van der Waals surface area contributed by atoms with E-state index >= 15 is 0 Å². The molecule has 49 heavy (non-hydrogen) atoms. The number of halogens is 2. The normalized spacial score (nSPS) is 12.2. The van der Waals surface area contributed by atoms with Gasteiger partial charge in [-0.25, -0.2) is 9.97 Å². The summed E-state index contributed by atoms with van der Waals surface area (Å²) in [6, 6.07) is 16.6. The molecule has 0 spiro atoms. The molecule has 0 fully saturated rings. The number of nitrogens with two attached hydrogens (primary N) is 2. The Kier molecular flexibility index (Phi) is 8.60. The maximum atomic E-state index is 12.2. The molecule has 8 nitrogen and oxygen atoms in total. The number of allylic oxidation sites excluding steroid dienone is 1. The lowest BCUT2D eigenvalue weighted by Gasteiger charge is -2.15. The minimum atomic E-state index is -0.517. The molecule has 0 saturated carbocycles. The topological polar surface area (TPSA) is 122 Å². The number of aryl methyl sites for hydroxylation is 5. The number of thiophene rings is 2. The van der Waals surface area contributed by atoms with E-state index in [0.717, 1.165) is 65.6 Å². The summed E-state index contributed by atoms with van der Waals surface area (Å²) in [4.78, 5) is 37.9. The van der Waals surface area contributed by atoms with Crippen LogP contribution in [0.15, 0.2) is 60.7 Å². The minimum Gasteiger partial charge on any atom is -0.366 e. The van der Waals surface area contributed by atoms with E-state index in [1.165, 1.54) is 4.88 Å². The number of rotatable bonds is 9. The first kappa shape index (κ1) is 33.0. The quantitative estimate of drug-likeness (QED) is 0.154. The number of benzene rings is 3. The molecule has 7 rings (SSSR count). The molecule has 2 amide bonds. The van der Waals surface area contributed by atoms with Gasteiger partial charge in [-0.1, -0.05) is 42.3 Å². The van der Waals surface area contributed by atoms with E-state index < -0.39 is 11.8 Å². The van der Waals surface area contributed by atoms with Crippen molar-refractivity contribution in [2.24, 2.45) is 11.5 Å². The van der Waals surface area contributed by atoms with Crippen LogP contribution in [0, 0.1) is 13.8 Å². The van der Waals surface area contributed by atoms with E-state index in [1.54, 1.807) is 46.9 Å². The van der Waals surface area contributed by atoms with Crippen LogP contribution in [0.5, 0.6) is 0 Å². The zero-order valence-corrected chi connectivity index (χ0v) is 30.4. The lowest BCUT2D eigenvalue weighted by atomic mass is 10.1. The highest BCUT2D eigenvalue weighted by Gasteiger charge is 2.26. The summed E-state index contributed by atoms with van der Waals surface area (Å²) in [5.41, 5.74) is 18.0. The summed E-state index contributed by atoms with van der Waals surface area (Å²) in [6.45, 7) is 9.21. The van der Waals surface area contributed by atoms with Crippen LogP contribution >= 0.6 is 45.9 Å². The Hall–Kier alpha value is -4.48. The van der Waals surface area contributed by atoms with Gasteiger partial charge in [0.15, 0.2) is 0 Å². The summed E-state index contributed by atoms with van der Waals surface area (Å²) in [5, 5.41) is 2.25. The van der Waals surface area contributed by atoms with E-state index in [1.807, 2.05) is 37.3 Å².